The number of quaternary nitrogens is 1. The van der Waals surface area contributed by atoms with Gasteiger partial charge in [-0.3, -0.25) is 0 Å². The topological polar surface area (TPSA) is 25.8 Å². The van der Waals surface area contributed by atoms with Crippen molar-refractivity contribution >= 4 is 11.6 Å². The monoisotopic (exact) mass is 410 g/mol. The summed E-state index contributed by atoms with van der Waals surface area (Å²) in [7, 11) is 0. The second-order valence-corrected chi connectivity index (χ2v) is 10.5. The van der Waals surface area contributed by atoms with Gasteiger partial charge in [0.2, 0.25) is 0 Å². The van der Waals surface area contributed by atoms with Gasteiger partial charge in [0, 0.05) is 16.0 Å². The smallest absolute Gasteiger partial charge is 0.120 e. The van der Waals surface area contributed by atoms with Gasteiger partial charge in [0.1, 0.15) is 18.9 Å². The van der Waals surface area contributed by atoms with E-state index in [0.29, 0.717) is 12.0 Å². The summed E-state index contributed by atoms with van der Waals surface area (Å²) in [6.07, 6.45) is 9.04. The van der Waals surface area contributed by atoms with Gasteiger partial charge in [-0.05, 0) is 93.0 Å². The minimum atomic E-state index is 0.577. The maximum absolute atomic E-state index is 6.02. The Bertz CT molecular complexity index is 811. The van der Waals surface area contributed by atoms with Gasteiger partial charge in [0.15, 0.2) is 0 Å². The van der Waals surface area contributed by atoms with Crippen molar-refractivity contribution in [2.45, 2.75) is 64.6 Å². The maximum atomic E-state index is 6.02. The molecular formula is C26H33ClNO+. The molecule has 4 bridgehead atoms. The van der Waals surface area contributed by atoms with Crippen LogP contribution in [0.15, 0.2) is 48.5 Å². The fourth-order valence-electron chi connectivity index (χ4n) is 6.81. The van der Waals surface area contributed by atoms with E-state index in [2.05, 4.69) is 36.5 Å². The first kappa shape index (κ1) is 19.5. The molecule has 2 nitrogen and oxygen atoms in total. The van der Waals surface area contributed by atoms with E-state index < -0.39 is 0 Å². The van der Waals surface area contributed by atoms with Crippen molar-refractivity contribution < 1.29 is 10.1 Å². The predicted molar refractivity (Wildman–Crippen MR) is 118 cm³/mol. The zero-order valence-electron chi connectivity index (χ0n) is 17.4. The summed E-state index contributed by atoms with van der Waals surface area (Å²) in [6, 6.07) is 17.2. The minimum Gasteiger partial charge on any atom is -0.489 e. The van der Waals surface area contributed by atoms with Crippen molar-refractivity contribution in [3.8, 4) is 5.75 Å². The molecule has 6 rings (SSSR count). The van der Waals surface area contributed by atoms with Crippen molar-refractivity contribution in [2.75, 3.05) is 0 Å². The first-order valence-corrected chi connectivity index (χ1v) is 11.8. The fraction of sp³-hybridized carbons (Fsp3) is 0.538. The number of hydrogen-bond donors (Lipinski definition) is 1. The number of ether oxygens (including phenoxy) is 1. The van der Waals surface area contributed by atoms with Crippen molar-refractivity contribution in [1.82, 2.24) is 0 Å². The van der Waals surface area contributed by atoms with Gasteiger partial charge in [0.25, 0.3) is 0 Å². The van der Waals surface area contributed by atoms with Crippen LogP contribution in [0, 0.1) is 23.2 Å². The van der Waals surface area contributed by atoms with Crippen LogP contribution in [0.4, 0.5) is 0 Å². The van der Waals surface area contributed by atoms with E-state index in [9.17, 15) is 0 Å². The fourth-order valence-corrected chi connectivity index (χ4v) is 6.93. The third kappa shape index (κ3) is 4.20. The SMILES string of the molecule is C[C@H]([NH2+]Cc1cccc(OCc2ccc(Cl)cc2)c1)C12CC3CC(CC(C3)C1)C2. The lowest BCUT2D eigenvalue weighted by molar-refractivity contribution is -0.717. The second-order valence-electron chi connectivity index (χ2n) is 10.1. The van der Waals surface area contributed by atoms with Gasteiger partial charge in [-0.15, -0.1) is 0 Å². The van der Waals surface area contributed by atoms with Crippen molar-refractivity contribution in [3.63, 3.8) is 0 Å². The average Bonchev–Trinajstić information content (AvgIpc) is 2.71. The second kappa shape index (κ2) is 7.96. The van der Waals surface area contributed by atoms with E-state index in [1.165, 1.54) is 44.1 Å². The molecule has 0 saturated heterocycles. The molecule has 1 atom stereocenters. The predicted octanol–water partition coefficient (Wildman–Crippen LogP) is 5.59. The summed E-state index contributed by atoms with van der Waals surface area (Å²) in [5.41, 5.74) is 3.11. The Hall–Kier alpha value is -1.51. The molecule has 0 heterocycles. The van der Waals surface area contributed by atoms with Crippen molar-refractivity contribution in [2.24, 2.45) is 23.2 Å². The van der Waals surface area contributed by atoms with Gasteiger partial charge in [-0.1, -0.05) is 35.9 Å². The molecule has 4 aliphatic rings. The quantitative estimate of drug-likeness (QED) is 0.632. The van der Waals surface area contributed by atoms with Crippen LogP contribution >= 0.6 is 11.6 Å². The van der Waals surface area contributed by atoms with Gasteiger partial charge in [0.05, 0.1) is 6.04 Å². The third-order valence-electron chi connectivity index (χ3n) is 7.98. The summed E-state index contributed by atoms with van der Waals surface area (Å²) in [5.74, 6) is 4.04. The molecule has 0 aliphatic heterocycles. The average molecular weight is 411 g/mol. The van der Waals surface area contributed by atoms with Crippen LogP contribution in [-0.4, -0.2) is 6.04 Å². The molecule has 4 saturated carbocycles. The molecule has 2 N–H and O–H groups in total. The van der Waals surface area contributed by atoms with Crippen LogP contribution < -0.4 is 10.1 Å². The Morgan fingerprint density at radius 3 is 2.28 bits per heavy atom. The van der Waals surface area contributed by atoms with Crippen LogP contribution in [0.5, 0.6) is 5.75 Å². The van der Waals surface area contributed by atoms with Crippen LogP contribution in [0.25, 0.3) is 0 Å². The van der Waals surface area contributed by atoms with E-state index in [1.807, 2.05) is 24.3 Å². The van der Waals surface area contributed by atoms with Crippen molar-refractivity contribution in [3.05, 3.63) is 64.7 Å². The van der Waals surface area contributed by atoms with Gasteiger partial charge >= 0.3 is 0 Å². The lowest BCUT2D eigenvalue weighted by Gasteiger charge is -2.57. The highest BCUT2D eigenvalue weighted by Gasteiger charge is 2.54. The molecule has 154 valence electrons. The molecule has 0 spiro atoms. The molecule has 2 aromatic carbocycles. The van der Waals surface area contributed by atoms with Crippen LogP contribution in [0.1, 0.15) is 56.6 Å². The summed E-state index contributed by atoms with van der Waals surface area (Å²) in [5, 5.41) is 3.37. The number of hydrogen-bond acceptors (Lipinski definition) is 1. The van der Waals surface area contributed by atoms with Crippen LogP contribution in [0.3, 0.4) is 0 Å². The zero-order chi connectivity index (χ0) is 19.8. The Kier molecular flexibility index (Phi) is 5.34. The first-order chi connectivity index (χ1) is 14.1. The first-order valence-electron chi connectivity index (χ1n) is 11.4. The summed E-state index contributed by atoms with van der Waals surface area (Å²) >= 11 is 5.96. The van der Waals surface area contributed by atoms with Crippen LogP contribution in [-0.2, 0) is 13.2 Å². The summed E-state index contributed by atoms with van der Waals surface area (Å²) < 4.78 is 6.02. The highest BCUT2D eigenvalue weighted by molar-refractivity contribution is 6.30. The Morgan fingerprint density at radius 2 is 1.62 bits per heavy atom. The van der Waals surface area contributed by atoms with E-state index in [1.54, 1.807) is 0 Å². The molecular weight excluding hydrogens is 378 g/mol. The molecule has 3 heteroatoms. The highest BCUT2D eigenvalue weighted by Crippen LogP contribution is 2.60. The number of halogens is 1. The Balaban J connectivity index is 1.18. The minimum absolute atomic E-state index is 0.577. The molecule has 2 aromatic rings. The van der Waals surface area contributed by atoms with E-state index in [-0.39, 0.29) is 0 Å². The largest absolute Gasteiger partial charge is 0.489 e. The lowest BCUT2D eigenvalue weighted by atomic mass is 9.48. The number of nitrogens with two attached hydrogens (primary N) is 1. The summed E-state index contributed by atoms with van der Waals surface area (Å²) in [6.45, 7) is 4.11. The van der Waals surface area contributed by atoms with Crippen LogP contribution in [0.2, 0.25) is 5.02 Å². The van der Waals surface area contributed by atoms with Gasteiger partial charge < -0.3 is 10.1 Å². The molecule has 29 heavy (non-hydrogen) atoms. The molecule has 0 unspecified atom stereocenters. The molecule has 0 radical (unpaired) electrons. The normalized spacial score (nSPS) is 31.0. The van der Waals surface area contributed by atoms with E-state index in [4.69, 9.17) is 16.3 Å². The van der Waals surface area contributed by atoms with Gasteiger partial charge in [-0.2, -0.15) is 0 Å². The van der Waals surface area contributed by atoms with Crippen molar-refractivity contribution in [1.29, 1.82) is 0 Å². The highest BCUT2D eigenvalue weighted by atomic mass is 35.5. The summed E-state index contributed by atoms with van der Waals surface area (Å²) in [4.78, 5) is 0. The molecule has 0 amide bonds. The zero-order valence-corrected chi connectivity index (χ0v) is 18.2. The molecule has 4 fully saturated rings. The molecule has 0 aromatic heterocycles. The van der Waals surface area contributed by atoms with Gasteiger partial charge in [-0.25, -0.2) is 0 Å². The Labute approximate surface area is 180 Å². The van der Waals surface area contributed by atoms with E-state index in [0.717, 1.165) is 46.7 Å². The number of benzene rings is 2. The number of rotatable bonds is 7. The maximum Gasteiger partial charge on any atom is 0.120 e. The standard InChI is InChI=1S/C26H32ClNO/c1-18(26-13-21-9-22(14-26)11-23(10-21)15-26)28-16-20-3-2-4-25(12-20)29-17-19-5-7-24(27)8-6-19/h2-8,12,18,21-23,28H,9-11,13-17H2,1H3/p+1/t18-,21?,22?,23?,26?/m0/s1. The lowest BCUT2D eigenvalue weighted by Crippen LogP contribution is -2.91. The van der Waals surface area contributed by atoms with E-state index >= 15 is 0 Å². The third-order valence-corrected chi connectivity index (χ3v) is 8.23. The molecule has 4 aliphatic carbocycles. The Morgan fingerprint density at radius 1 is 0.966 bits per heavy atom.